The minimum atomic E-state index is -4.68. The molecule has 5 nitrogen and oxygen atoms in total. The first-order chi connectivity index (χ1) is 16.8. The molecule has 0 radical (unpaired) electrons. The largest absolute Gasteiger partial charge is 0.573 e. The normalized spacial score (nSPS) is 14.2. The molecule has 1 fully saturated rings. The predicted molar refractivity (Wildman–Crippen MR) is 133 cm³/mol. The number of aryl methyl sites for hydroxylation is 2. The molecule has 0 spiro atoms. The third-order valence-corrected chi connectivity index (χ3v) is 6.93. The number of halogens is 3. The average molecular weight is 499 g/mol. The van der Waals surface area contributed by atoms with Gasteiger partial charge in [-0.1, -0.05) is 36.4 Å². The van der Waals surface area contributed by atoms with Crippen molar-refractivity contribution >= 4 is 27.4 Å². The molecule has 3 heterocycles. The number of benzene rings is 2. The lowest BCUT2D eigenvalue weighted by Gasteiger charge is -2.25. The standard InChI is InChI=1S/C26H25F3N4OS/c1-16-13-22-24(32-23(20-14-30-15-20)33-25(22)35-16)31-12-2-3-17-4-6-18(7-5-17)19-8-10-21(11-9-19)34-26(27,28)29/h4-11,13,20,30H,2-3,12,14-15H2,1H3,(H,31,32,33). The number of nitrogens with zero attached hydrogens (tertiary/aromatic N) is 2. The molecular formula is C26H25F3N4OS. The van der Waals surface area contributed by atoms with Crippen molar-refractivity contribution in [3.63, 3.8) is 0 Å². The van der Waals surface area contributed by atoms with Crippen molar-refractivity contribution in [1.82, 2.24) is 15.3 Å². The van der Waals surface area contributed by atoms with Crippen molar-refractivity contribution < 1.29 is 17.9 Å². The van der Waals surface area contributed by atoms with E-state index in [0.29, 0.717) is 5.92 Å². The van der Waals surface area contributed by atoms with Crippen LogP contribution in [-0.2, 0) is 6.42 Å². The number of nitrogens with one attached hydrogen (secondary N) is 2. The second-order valence-electron chi connectivity index (χ2n) is 8.66. The summed E-state index contributed by atoms with van der Waals surface area (Å²) < 4.78 is 40.9. The SMILES string of the molecule is Cc1cc2c(NCCCc3ccc(-c4ccc(OC(F)(F)F)cc4)cc3)nc(C3CNC3)nc2s1. The van der Waals surface area contributed by atoms with Crippen molar-refractivity contribution in [2.45, 2.75) is 32.0 Å². The van der Waals surface area contributed by atoms with Gasteiger partial charge in [0.15, 0.2) is 0 Å². The molecule has 0 bridgehead atoms. The molecular weight excluding hydrogens is 473 g/mol. The molecule has 1 saturated heterocycles. The summed E-state index contributed by atoms with van der Waals surface area (Å²) in [7, 11) is 0. The maximum Gasteiger partial charge on any atom is 0.573 e. The summed E-state index contributed by atoms with van der Waals surface area (Å²) in [6.45, 7) is 4.74. The Balaban J connectivity index is 1.17. The molecule has 2 aromatic heterocycles. The van der Waals surface area contributed by atoms with E-state index in [-0.39, 0.29) is 5.75 Å². The van der Waals surface area contributed by atoms with Gasteiger partial charge in [-0.15, -0.1) is 24.5 Å². The van der Waals surface area contributed by atoms with Gasteiger partial charge in [0.05, 0.1) is 5.39 Å². The summed E-state index contributed by atoms with van der Waals surface area (Å²) in [5.74, 6) is 1.98. The van der Waals surface area contributed by atoms with Crippen LogP contribution in [0.3, 0.4) is 0 Å². The molecule has 2 N–H and O–H groups in total. The zero-order valence-electron chi connectivity index (χ0n) is 19.2. The molecule has 5 rings (SSSR count). The maximum atomic E-state index is 12.3. The minimum absolute atomic E-state index is 0.222. The van der Waals surface area contributed by atoms with Gasteiger partial charge in [0, 0.05) is 30.4 Å². The van der Waals surface area contributed by atoms with Crippen LogP contribution in [0.4, 0.5) is 19.0 Å². The van der Waals surface area contributed by atoms with Gasteiger partial charge >= 0.3 is 6.36 Å². The Morgan fingerprint density at radius 3 is 2.34 bits per heavy atom. The summed E-state index contributed by atoms with van der Waals surface area (Å²) in [5.41, 5.74) is 2.98. The Morgan fingerprint density at radius 2 is 1.71 bits per heavy atom. The molecule has 0 saturated carbocycles. The molecule has 35 heavy (non-hydrogen) atoms. The summed E-state index contributed by atoms with van der Waals surface area (Å²) in [6.07, 6.45) is -2.84. The van der Waals surface area contributed by atoms with Crippen LogP contribution in [0.15, 0.2) is 54.6 Å². The highest BCUT2D eigenvalue weighted by Crippen LogP contribution is 2.31. The van der Waals surface area contributed by atoms with Crippen LogP contribution < -0.4 is 15.4 Å². The van der Waals surface area contributed by atoms with E-state index >= 15 is 0 Å². The second kappa shape index (κ2) is 9.83. The second-order valence-corrected chi connectivity index (χ2v) is 9.90. The molecule has 9 heteroatoms. The fourth-order valence-electron chi connectivity index (χ4n) is 4.06. The average Bonchev–Trinajstić information content (AvgIpc) is 3.16. The number of fused-ring (bicyclic) bond motifs is 1. The molecule has 0 atom stereocenters. The number of thiophene rings is 1. The molecule has 0 unspecified atom stereocenters. The number of hydrogen-bond donors (Lipinski definition) is 2. The Hall–Kier alpha value is -3.17. The van der Waals surface area contributed by atoms with Crippen LogP contribution in [0.5, 0.6) is 5.75 Å². The number of alkyl halides is 3. The first kappa shape index (κ1) is 23.6. The molecule has 2 aromatic carbocycles. The van der Waals surface area contributed by atoms with E-state index in [4.69, 9.17) is 9.97 Å². The lowest BCUT2D eigenvalue weighted by atomic mass is 10.0. The maximum absolute atomic E-state index is 12.3. The summed E-state index contributed by atoms with van der Waals surface area (Å²) in [4.78, 5) is 11.9. The fourth-order valence-corrected chi connectivity index (χ4v) is 4.95. The van der Waals surface area contributed by atoms with Crippen LogP contribution in [0, 0.1) is 6.92 Å². The molecule has 1 aliphatic rings. The first-order valence-corrected chi connectivity index (χ1v) is 12.3. The number of aromatic nitrogens is 2. The third kappa shape index (κ3) is 5.74. The summed E-state index contributed by atoms with van der Waals surface area (Å²) >= 11 is 1.70. The van der Waals surface area contributed by atoms with E-state index in [2.05, 4.69) is 40.5 Å². The lowest BCUT2D eigenvalue weighted by molar-refractivity contribution is -0.274. The molecule has 0 amide bonds. The fraction of sp³-hybridized carbons (Fsp3) is 0.308. The van der Waals surface area contributed by atoms with E-state index < -0.39 is 6.36 Å². The topological polar surface area (TPSA) is 59.1 Å². The van der Waals surface area contributed by atoms with Crippen molar-refractivity contribution in [1.29, 1.82) is 0 Å². The van der Waals surface area contributed by atoms with Crippen molar-refractivity contribution in [2.75, 3.05) is 25.0 Å². The van der Waals surface area contributed by atoms with Crippen molar-refractivity contribution in [3.8, 4) is 16.9 Å². The van der Waals surface area contributed by atoms with Gasteiger partial charge in [0.2, 0.25) is 0 Å². The van der Waals surface area contributed by atoms with Crippen molar-refractivity contribution in [3.05, 3.63) is 70.9 Å². The predicted octanol–water partition coefficient (Wildman–Crippen LogP) is 6.30. The Bertz CT molecular complexity index is 1300. The minimum Gasteiger partial charge on any atom is -0.406 e. The van der Waals surface area contributed by atoms with Crippen molar-refractivity contribution in [2.24, 2.45) is 0 Å². The summed E-state index contributed by atoms with van der Waals surface area (Å²) in [6, 6.07) is 16.1. The molecule has 4 aromatic rings. The van der Waals surface area contributed by atoms with Gasteiger partial charge < -0.3 is 15.4 Å². The van der Waals surface area contributed by atoms with Crippen LogP contribution in [0.2, 0.25) is 0 Å². The van der Waals surface area contributed by atoms with Gasteiger partial charge in [-0.05, 0) is 54.7 Å². The number of rotatable bonds is 8. The van der Waals surface area contributed by atoms with Gasteiger partial charge in [0.1, 0.15) is 22.2 Å². The van der Waals surface area contributed by atoms with Crippen LogP contribution >= 0.6 is 11.3 Å². The molecule has 1 aliphatic heterocycles. The van der Waals surface area contributed by atoms with Gasteiger partial charge in [-0.25, -0.2) is 9.97 Å². The van der Waals surface area contributed by atoms with E-state index in [1.165, 1.54) is 22.6 Å². The molecule has 182 valence electrons. The highest BCUT2D eigenvalue weighted by molar-refractivity contribution is 7.18. The lowest BCUT2D eigenvalue weighted by Crippen LogP contribution is -2.40. The van der Waals surface area contributed by atoms with Gasteiger partial charge in [0.25, 0.3) is 0 Å². The monoisotopic (exact) mass is 498 g/mol. The van der Waals surface area contributed by atoms with E-state index in [0.717, 1.165) is 65.5 Å². The summed E-state index contributed by atoms with van der Waals surface area (Å²) in [5, 5.41) is 7.88. The van der Waals surface area contributed by atoms with Crippen LogP contribution in [0.25, 0.3) is 21.3 Å². The third-order valence-electron chi connectivity index (χ3n) is 5.99. The zero-order chi connectivity index (χ0) is 24.4. The van der Waals surface area contributed by atoms with E-state index in [1.54, 1.807) is 23.5 Å². The van der Waals surface area contributed by atoms with Crippen LogP contribution in [-0.4, -0.2) is 36.0 Å². The number of hydrogen-bond acceptors (Lipinski definition) is 6. The Morgan fingerprint density at radius 1 is 1.03 bits per heavy atom. The Kier molecular flexibility index (Phi) is 6.62. The van der Waals surface area contributed by atoms with Crippen LogP contribution in [0.1, 0.15) is 28.6 Å². The van der Waals surface area contributed by atoms with Gasteiger partial charge in [-0.3, -0.25) is 0 Å². The van der Waals surface area contributed by atoms with E-state index in [1.807, 2.05) is 12.1 Å². The Labute approximate surface area is 205 Å². The highest BCUT2D eigenvalue weighted by Gasteiger charge is 2.31. The smallest absolute Gasteiger partial charge is 0.406 e. The first-order valence-electron chi connectivity index (χ1n) is 11.5. The number of anilines is 1. The quantitative estimate of drug-likeness (QED) is 0.279. The number of ether oxygens (including phenoxy) is 1. The zero-order valence-corrected chi connectivity index (χ0v) is 20.0. The molecule has 0 aliphatic carbocycles. The highest BCUT2D eigenvalue weighted by atomic mass is 32.1. The van der Waals surface area contributed by atoms with Gasteiger partial charge in [-0.2, -0.15) is 0 Å². The van der Waals surface area contributed by atoms with E-state index in [9.17, 15) is 13.2 Å².